The molecule has 3 aromatic carbocycles. The monoisotopic (exact) mass is 400 g/mol. The van der Waals surface area contributed by atoms with Gasteiger partial charge in [0.05, 0.1) is 0 Å². The van der Waals surface area contributed by atoms with E-state index in [1.54, 1.807) is 0 Å². The zero-order valence-electron chi connectivity index (χ0n) is 19.2. The molecule has 3 rings (SSSR count). The number of benzene rings is 3. The number of aromatic hydroxyl groups is 1. The summed E-state index contributed by atoms with van der Waals surface area (Å²) in [6.07, 6.45) is 4.35. The van der Waals surface area contributed by atoms with Crippen molar-refractivity contribution in [2.75, 3.05) is 0 Å². The van der Waals surface area contributed by atoms with E-state index in [9.17, 15) is 5.11 Å². The predicted molar refractivity (Wildman–Crippen MR) is 128 cm³/mol. The topological polar surface area (TPSA) is 20.2 Å². The van der Waals surface area contributed by atoms with E-state index >= 15 is 0 Å². The number of hydrogen-bond donors (Lipinski definition) is 1. The standard InChI is InChI=1S/C29H36O/c1-6-7-10-19-24-26(30)21-20-25(28(2,3)22-15-11-8-12-16-22)27(24)29(4,5)23-17-13-9-14-18-23/h8-9,11-18,20-21,30H,6-7,10,19H2,1-5H3. The number of hydrogen-bond acceptors (Lipinski definition) is 1. The zero-order valence-corrected chi connectivity index (χ0v) is 19.2. The minimum atomic E-state index is -0.219. The number of rotatable bonds is 8. The van der Waals surface area contributed by atoms with Crippen LogP contribution < -0.4 is 0 Å². The second-order valence-electron chi connectivity index (χ2n) is 9.42. The first-order chi connectivity index (χ1) is 14.3. The summed E-state index contributed by atoms with van der Waals surface area (Å²) in [5.41, 5.74) is 5.86. The minimum absolute atomic E-state index is 0.171. The van der Waals surface area contributed by atoms with Gasteiger partial charge in [0.1, 0.15) is 5.75 Å². The average molecular weight is 401 g/mol. The fourth-order valence-corrected chi connectivity index (χ4v) is 4.69. The van der Waals surface area contributed by atoms with Crippen LogP contribution in [-0.2, 0) is 17.3 Å². The molecule has 0 amide bonds. The van der Waals surface area contributed by atoms with Gasteiger partial charge in [-0.15, -0.1) is 0 Å². The first-order valence-corrected chi connectivity index (χ1v) is 11.3. The summed E-state index contributed by atoms with van der Waals surface area (Å²) in [6.45, 7) is 11.4. The molecule has 3 aromatic rings. The summed E-state index contributed by atoms with van der Waals surface area (Å²) in [5.74, 6) is 0.428. The van der Waals surface area contributed by atoms with Crippen LogP contribution in [0.2, 0.25) is 0 Å². The van der Waals surface area contributed by atoms with Gasteiger partial charge in [0.2, 0.25) is 0 Å². The van der Waals surface area contributed by atoms with E-state index in [0.717, 1.165) is 18.4 Å². The molecule has 0 fully saturated rings. The molecule has 0 radical (unpaired) electrons. The molecular weight excluding hydrogens is 364 g/mol. The van der Waals surface area contributed by atoms with Crippen molar-refractivity contribution in [2.24, 2.45) is 0 Å². The number of phenols is 1. The number of phenolic OH excluding ortho intramolecular Hbond substituents is 1. The van der Waals surface area contributed by atoms with Crippen molar-refractivity contribution >= 4 is 0 Å². The molecule has 0 atom stereocenters. The molecule has 1 heteroatoms. The van der Waals surface area contributed by atoms with Crippen LogP contribution in [0.3, 0.4) is 0 Å². The van der Waals surface area contributed by atoms with Crippen molar-refractivity contribution < 1.29 is 5.11 Å². The van der Waals surface area contributed by atoms with Gasteiger partial charge in [-0.05, 0) is 46.7 Å². The lowest BCUT2D eigenvalue weighted by Gasteiger charge is -2.37. The van der Waals surface area contributed by atoms with Crippen LogP contribution in [0.1, 0.15) is 81.7 Å². The molecule has 0 spiro atoms. The van der Waals surface area contributed by atoms with E-state index < -0.39 is 0 Å². The van der Waals surface area contributed by atoms with E-state index in [1.807, 2.05) is 6.07 Å². The molecule has 0 bridgehead atoms. The van der Waals surface area contributed by atoms with Crippen molar-refractivity contribution in [3.63, 3.8) is 0 Å². The molecular formula is C29H36O. The normalized spacial score (nSPS) is 12.2. The Morgan fingerprint density at radius 1 is 0.667 bits per heavy atom. The lowest BCUT2D eigenvalue weighted by Crippen LogP contribution is -2.29. The van der Waals surface area contributed by atoms with Gasteiger partial charge in [0.25, 0.3) is 0 Å². The molecule has 158 valence electrons. The van der Waals surface area contributed by atoms with E-state index in [-0.39, 0.29) is 10.8 Å². The Morgan fingerprint density at radius 2 is 1.20 bits per heavy atom. The fourth-order valence-electron chi connectivity index (χ4n) is 4.69. The van der Waals surface area contributed by atoms with Crippen molar-refractivity contribution in [2.45, 2.75) is 71.1 Å². The summed E-state index contributed by atoms with van der Waals surface area (Å²) in [4.78, 5) is 0. The minimum Gasteiger partial charge on any atom is -0.508 e. The molecule has 0 unspecified atom stereocenters. The van der Waals surface area contributed by atoms with E-state index in [0.29, 0.717) is 5.75 Å². The van der Waals surface area contributed by atoms with Crippen LogP contribution in [0.5, 0.6) is 5.75 Å². The van der Waals surface area contributed by atoms with Gasteiger partial charge in [-0.3, -0.25) is 0 Å². The van der Waals surface area contributed by atoms with Gasteiger partial charge in [0, 0.05) is 10.8 Å². The predicted octanol–water partition coefficient (Wildman–Crippen LogP) is 7.78. The summed E-state index contributed by atoms with van der Waals surface area (Å²) in [5, 5.41) is 11.0. The van der Waals surface area contributed by atoms with Gasteiger partial charge in [-0.2, -0.15) is 0 Å². The van der Waals surface area contributed by atoms with Crippen molar-refractivity contribution in [1.29, 1.82) is 0 Å². The molecule has 30 heavy (non-hydrogen) atoms. The van der Waals surface area contributed by atoms with Gasteiger partial charge in [-0.1, -0.05) is 114 Å². The Morgan fingerprint density at radius 3 is 1.73 bits per heavy atom. The summed E-state index contributed by atoms with van der Waals surface area (Å²) in [7, 11) is 0. The van der Waals surface area contributed by atoms with Gasteiger partial charge >= 0.3 is 0 Å². The molecule has 0 aliphatic rings. The average Bonchev–Trinajstić information content (AvgIpc) is 2.76. The van der Waals surface area contributed by atoms with Crippen LogP contribution in [0.25, 0.3) is 0 Å². The van der Waals surface area contributed by atoms with Crippen LogP contribution in [0.15, 0.2) is 72.8 Å². The Labute approximate surface area is 182 Å². The van der Waals surface area contributed by atoms with Gasteiger partial charge in [0.15, 0.2) is 0 Å². The van der Waals surface area contributed by atoms with Crippen molar-refractivity contribution in [1.82, 2.24) is 0 Å². The highest BCUT2D eigenvalue weighted by Gasteiger charge is 2.35. The third-order valence-electron chi connectivity index (χ3n) is 6.61. The van der Waals surface area contributed by atoms with Gasteiger partial charge < -0.3 is 5.11 Å². The van der Waals surface area contributed by atoms with Crippen molar-refractivity contribution in [3.8, 4) is 5.75 Å². The molecule has 0 saturated carbocycles. The Balaban J connectivity index is 2.26. The molecule has 0 aliphatic heterocycles. The van der Waals surface area contributed by atoms with Crippen LogP contribution >= 0.6 is 0 Å². The molecule has 0 saturated heterocycles. The second-order valence-corrected chi connectivity index (χ2v) is 9.42. The summed E-state index contributed by atoms with van der Waals surface area (Å²) >= 11 is 0. The third kappa shape index (κ3) is 4.31. The second kappa shape index (κ2) is 9.08. The smallest absolute Gasteiger partial charge is 0.119 e. The first-order valence-electron chi connectivity index (χ1n) is 11.3. The largest absolute Gasteiger partial charge is 0.508 e. The van der Waals surface area contributed by atoms with Gasteiger partial charge in [-0.25, -0.2) is 0 Å². The lowest BCUT2D eigenvalue weighted by atomic mass is 9.66. The molecule has 1 nitrogen and oxygen atoms in total. The fraction of sp³-hybridized carbons (Fsp3) is 0.379. The lowest BCUT2D eigenvalue weighted by molar-refractivity contribution is 0.458. The Bertz CT molecular complexity index is 952. The zero-order chi connectivity index (χ0) is 21.8. The maximum Gasteiger partial charge on any atom is 0.119 e. The van der Waals surface area contributed by atoms with E-state index in [1.165, 1.54) is 35.1 Å². The maximum absolute atomic E-state index is 11.0. The molecule has 1 N–H and O–H groups in total. The van der Waals surface area contributed by atoms with Crippen LogP contribution in [0.4, 0.5) is 0 Å². The van der Waals surface area contributed by atoms with Crippen molar-refractivity contribution in [3.05, 3.63) is 101 Å². The van der Waals surface area contributed by atoms with E-state index in [2.05, 4.69) is 101 Å². The highest BCUT2D eigenvalue weighted by molar-refractivity contribution is 5.56. The third-order valence-corrected chi connectivity index (χ3v) is 6.61. The highest BCUT2D eigenvalue weighted by Crippen LogP contribution is 2.45. The molecule has 0 aromatic heterocycles. The van der Waals surface area contributed by atoms with E-state index in [4.69, 9.17) is 0 Å². The summed E-state index contributed by atoms with van der Waals surface area (Å²) < 4.78 is 0. The maximum atomic E-state index is 11.0. The van der Waals surface area contributed by atoms with Crippen LogP contribution in [0, 0.1) is 0 Å². The summed E-state index contributed by atoms with van der Waals surface area (Å²) in [6, 6.07) is 25.5. The molecule has 0 heterocycles. The molecule has 0 aliphatic carbocycles. The Hall–Kier alpha value is -2.54. The quantitative estimate of drug-likeness (QED) is 0.383. The number of unbranched alkanes of at least 4 members (excludes halogenated alkanes) is 2. The highest BCUT2D eigenvalue weighted by atomic mass is 16.3. The van der Waals surface area contributed by atoms with Crippen LogP contribution in [-0.4, -0.2) is 5.11 Å². The Kier molecular flexibility index (Phi) is 6.71. The SMILES string of the molecule is CCCCCc1c(O)ccc(C(C)(C)c2ccccc2)c1C(C)(C)c1ccccc1. The first kappa shape index (κ1) is 22.2.